The lowest BCUT2D eigenvalue weighted by atomic mass is 10.1. The molecule has 1 aromatic carbocycles. The highest BCUT2D eigenvalue weighted by atomic mass is 32.1. The van der Waals surface area contributed by atoms with E-state index < -0.39 is 6.10 Å². The van der Waals surface area contributed by atoms with E-state index in [1.54, 1.807) is 16.0 Å². The molecule has 2 aromatic heterocycles. The van der Waals surface area contributed by atoms with Crippen LogP contribution >= 0.6 is 11.3 Å². The summed E-state index contributed by atoms with van der Waals surface area (Å²) in [5.74, 6) is -0.202. The molecule has 0 saturated carbocycles. The number of amides is 1. The monoisotopic (exact) mass is 329 g/mol. The Balaban J connectivity index is 1.74. The van der Waals surface area contributed by atoms with Gasteiger partial charge in [-0.2, -0.15) is 5.10 Å². The maximum absolute atomic E-state index is 12.4. The molecule has 120 valence electrons. The molecule has 0 aliphatic rings. The standard InChI is InChI=1S/C17H19N3O2S/c1-10-16(11(2)20(3)19-10)17(22)18-8-14(21)13-9-23-15-7-5-4-6-12(13)15/h4-7,9,14,21H,8H2,1-3H3,(H,18,22). The summed E-state index contributed by atoms with van der Waals surface area (Å²) < 4.78 is 2.82. The average molecular weight is 329 g/mol. The van der Waals surface area contributed by atoms with E-state index in [0.29, 0.717) is 11.3 Å². The molecular weight excluding hydrogens is 310 g/mol. The minimum Gasteiger partial charge on any atom is -0.387 e. The van der Waals surface area contributed by atoms with Crippen LogP contribution in [0.1, 0.15) is 33.4 Å². The van der Waals surface area contributed by atoms with Crippen molar-refractivity contribution in [1.82, 2.24) is 15.1 Å². The van der Waals surface area contributed by atoms with Crippen LogP contribution in [0.4, 0.5) is 0 Å². The molecule has 1 atom stereocenters. The number of hydrogen-bond donors (Lipinski definition) is 2. The molecule has 1 amide bonds. The number of aromatic nitrogens is 2. The Morgan fingerprint density at radius 3 is 2.83 bits per heavy atom. The van der Waals surface area contributed by atoms with Gasteiger partial charge in [-0.05, 0) is 30.7 Å². The van der Waals surface area contributed by atoms with Gasteiger partial charge in [-0.1, -0.05) is 18.2 Å². The first-order chi connectivity index (χ1) is 11.0. The third kappa shape index (κ3) is 2.87. The zero-order valence-corrected chi connectivity index (χ0v) is 14.1. The Bertz CT molecular complexity index is 866. The zero-order valence-electron chi connectivity index (χ0n) is 13.3. The SMILES string of the molecule is Cc1nn(C)c(C)c1C(=O)NCC(O)c1csc2ccccc12. The first-order valence-corrected chi connectivity index (χ1v) is 8.29. The van der Waals surface area contributed by atoms with Crippen LogP contribution in [-0.2, 0) is 7.05 Å². The van der Waals surface area contributed by atoms with E-state index in [2.05, 4.69) is 10.4 Å². The summed E-state index contributed by atoms with van der Waals surface area (Å²) in [6.07, 6.45) is -0.729. The van der Waals surface area contributed by atoms with Gasteiger partial charge in [-0.3, -0.25) is 9.48 Å². The number of rotatable bonds is 4. The normalized spacial score (nSPS) is 12.5. The van der Waals surface area contributed by atoms with E-state index in [1.807, 2.05) is 50.5 Å². The fraction of sp³-hybridized carbons (Fsp3) is 0.294. The maximum atomic E-state index is 12.4. The molecule has 0 aliphatic heterocycles. The number of carbonyl (C=O) groups excluding carboxylic acids is 1. The lowest BCUT2D eigenvalue weighted by molar-refractivity contribution is 0.0916. The summed E-state index contributed by atoms with van der Waals surface area (Å²) in [5.41, 5.74) is 2.94. The number of aliphatic hydroxyl groups is 1. The molecule has 0 saturated heterocycles. The predicted molar refractivity (Wildman–Crippen MR) is 91.8 cm³/mol. The van der Waals surface area contributed by atoms with E-state index in [9.17, 15) is 9.90 Å². The summed E-state index contributed by atoms with van der Waals surface area (Å²) in [6.45, 7) is 3.84. The summed E-state index contributed by atoms with van der Waals surface area (Å²) in [4.78, 5) is 12.4. The van der Waals surface area contributed by atoms with Crippen molar-refractivity contribution in [2.45, 2.75) is 20.0 Å². The molecule has 5 nitrogen and oxygen atoms in total. The highest BCUT2D eigenvalue weighted by molar-refractivity contribution is 7.17. The number of aliphatic hydroxyl groups excluding tert-OH is 1. The molecule has 0 fully saturated rings. The van der Waals surface area contributed by atoms with E-state index in [4.69, 9.17) is 0 Å². The number of nitrogens with zero attached hydrogens (tertiary/aromatic N) is 2. The van der Waals surface area contributed by atoms with Crippen molar-refractivity contribution in [2.24, 2.45) is 7.05 Å². The summed E-state index contributed by atoms with van der Waals surface area (Å²) in [6, 6.07) is 7.94. The van der Waals surface area contributed by atoms with Crippen molar-refractivity contribution in [1.29, 1.82) is 0 Å². The molecule has 1 unspecified atom stereocenters. The topological polar surface area (TPSA) is 67.2 Å². The van der Waals surface area contributed by atoms with Gasteiger partial charge in [0.15, 0.2) is 0 Å². The third-order valence-electron chi connectivity index (χ3n) is 4.06. The molecule has 2 heterocycles. The average Bonchev–Trinajstić information content (AvgIpc) is 3.06. The van der Waals surface area contributed by atoms with Crippen molar-refractivity contribution in [3.05, 3.63) is 52.2 Å². The van der Waals surface area contributed by atoms with E-state index in [-0.39, 0.29) is 12.5 Å². The van der Waals surface area contributed by atoms with Gasteiger partial charge in [-0.15, -0.1) is 11.3 Å². The molecule has 0 radical (unpaired) electrons. The van der Waals surface area contributed by atoms with E-state index in [0.717, 1.165) is 21.3 Å². The third-order valence-corrected chi connectivity index (χ3v) is 5.04. The van der Waals surface area contributed by atoms with Gasteiger partial charge in [0, 0.05) is 29.5 Å². The highest BCUT2D eigenvalue weighted by Crippen LogP contribution is 2.29. The number of thiophene rings is 1. The zero-order chi connectivity index (χ0) is 16.6. The minimum atomic E-state index is -0.729. The Morgan fingerprint density at radius 1 is 1.39 bits per heavy atom. The molecule has 6 heteroatoms. The molecule has 2 N–H and O–H groups in total. The summed E-state index contributed by atoms with van der Waals surface area (Å²) in [5, 5.41) is 20.5. The largest absolute Gasteiger partial charge is 0.387 e. The van der Waals surface area contributed by atoms with Crippen LogP contribution in [0.25, 0.3) is 10.1 Å². The van der Waals surface area contributed by atoms with E-state index in [1.165, 1.54) is 0 Å². The van der Waals surface area contributed by atoms with Crippen LogP contribution in [0, 0.1) is 13.8 Å². The Hall–Kier alpha value is -2.18. The summed E-state index contributed by atoms with van der Waals surface area (Å²) >= 11 is 1.60. The lowest BCUT2D eigenvalue weighted by Crippen LogP contribution is -2.29. The second-order valence-corrected chi connectivity index (χ2v) is 6.49. The van der Waals surface area contributed by atoms with Crippen molar-refractivity contribution < 1.29 is 9.90 Å². The number of nitrogens with one attached hydrogen (secondary N) is 1. The minimum absolute atomic E-state index is 0.174. The number of carbonyl (C=O) groups is 1. The molecule has 23 heavy (non-hydrogen) atoms. The van der Waals surface area contributed by atoms with Gasteiger partial charge in [0.1, 0.15) is 0 Å². The van der Waals surface area contributed by atoms with Crippen LogP contribution < -0.4 is 5.32 Å². The molecule has 0 spiro atoms. The van der Waals surface area contributed by atoms with Crippen molar-refractivity contribution in [3.63, 3.8) is 0 Å². The van der Waals surface area contributed by atoms with Crippen LogP contribution in [0.2, 0.25) is 0 Å². The first kappa shape index (κ1) is 15.7. The van der Waals surface area contributed by atoms with Crippen LogP contribution in [0.15, 0.2) is 29.6 Å². The number of benzene rings is 1. The van der Waals surface area contributed by atoms with Crippen LogP contribution in [-0.4, -0.2) is 27.3 Å². The molecule has 0 bridgehead atoms. The van der Waals surface area contributed by atoms with Crippen LogP contribution in [0.5, 0.6) is 0 Å². The molecule has 3 rings (SSSR count). The van der Waals surface area contributed by atoms with Gasteiger partial charge in [0.25, 0.3) is 5.91 Å². The Labute approximate surface area is 138 Å². The number of fused-ring (bicyclic) bond motifs is 1. The van der Waals surface area contributed by atoms with Crippen molar-refractivity contribution in [3.8, 4) is 0 Å². The van der Waals surface area contributed by atoms with Gasteiger partial charge in [0.2, 0.25) is 0 Å². The molecular formula is C17H19N3O2S. The quantitative estimate of drug-likeness (QED) is 0.773. The van der Waals surface area contributed by atoms with Gasteiger partial charge in [0.05, 0.1) is 17.4 Å². The Kier molecular flexibility index (Phi) is 4.19. The molecule has 0 aliphatic carbocycles. The van der Waals surface area contributed by atoms with Gasteiger partial charge >= 0.3 is 0 Å². The van der Waals surface area contributed by atoms with Gasteiger partial charge in [-0.25, -0.2) is 0 Å². The predicted octanol–water partition coefficient (Wildman–Crippen LogP) is 2.72. The van der Waals surface area contributed by atoms with Crippen molar-refractivity contribution in [2.75, 3.05) is 6.54 Å². The first-order valence-electron chi connectivity index (χ1n) is 7.41. The Morgan fingerprint density at radius 2 is 2.13 bits per heavy atom. The van der Waals surface area contributed by atoms with Crippen molar-refractivity contribution >= 4 is 27.3 Å². The van der Waals surface area contributed by atoms with Gasteiger partial charge < -0.3 is 10.4 Å². The summed E-state index contributed by atoms with van der Waals surface area (Å²) in [7, 11) is 1.81. The number of aryl methyl sites for hydroxylation is 2. The van der Waals surface area contributed by atoms with E-state index >= 15 is 0 Å². The highest BCUT2D eigenvalue weighted by Gasteiger charge is 2.19. The van der Waals surface area contributed by atoms with Crippen LogP contribution in [0.3, 0.4) is 0 Å². The second-order valence-electron chi connectivity index (χ2n) is 5.58. The maximum Gasteiger partial charge on any atom is 0.255 e. The molecule has 3 aromatic rings. The second kappa shape index (κ2) is 6.14. The smallest absolute Gasteiger partial charge is 0.255 e. The fourth-order valence-electron chi connectivity index (χ4n) is 2.75. The number of hydrogen-bond acceptors (Lipinski definition) is 4. The fourth-order valence-corrected chi connectivity index (χ4v) is 3.75. The lowest BCUT2D eigenvalue weighted by Gasteiger charge is -2.12.